The highest BCUT2D eigenvalue weighted by Gasteiger charge is 2.37. The van der Waals surface area contributed by atoms with Crippen LogP contribution in [-0.2, 0) is 16.8 Å². The molecule has 0 bridgehead atoms. The zero-order valence-electron chi connectivity index (χ0n) is 12.4. The number of aryl methyl sites for hydroxylation is 1. The quantitative estimate of drug-likeness (QED) is 0.943. The van der Waals surface area contributed by atoms with Crippen molar-refractivity contribution in [1.29, 1.82) is 0 Å². The highest BCUT2D eigenvalue weighted by Crippen LogP contribution is 2.38. The van der Waals surface area contributed by atoms with Crippen LogP contribution in [0.4, 0.5) is 4.39 Å². The summed E-state index contributed by atoms with van der Waals surface area (Å²) in [6.45, 7) is 1.75. The summed E-state index contributed by atoms with van der Waals surface area (Å²) >= 11 is 0. The summed E-state index contributed by atoms with van der Waals surface area (Å²) in [6.07, 6.45) is 3.95. The number of amides is 1. The van der Waals surface area contributed by atoms with Gasteiger partial charge >= 0.3 is 0 Å². The SMILES string of the molecule is Cc1nonc1CC(=O)NC1(c2ccc(F)cc2)CCCC1. The van der Waals surface area contributed by atoms with Crippen LogP contribution in [-0.4, -0.2) is 16.2 Å². The number of halogens is 1. The Bertz CT molecular complexity index is 660. The normalized spacial score (nSPS) is 16.6. The van der Waals surface area contributed by atoms with Crippen molar-refractivity contribution in [1.82, 2.24) is 15.6 Å². The van der Waals surface area contributed by atoms with Gasteiger partial charge in [0.2, 0.25) is 5.91 Å². The zero-order chi connectivity index (χ0) is 15.6. The minimum atomic E-state index is -0.407. The molecular formula is C16H18FN3O2. The molecule has 0 atom stereocenters. The lowest BCUT2D eigenvalue weighted by Crippen LogP contribution is -2.44. The summed E-state index contributed by atoms with van der Waals surface area (Å²) in [5, 5.41) is 10.5. The summed E-state index contributed by atoms with van der Waals surface area (Å²) in [7, 11) is 0. The fourth-order valence-corrected chi connectivity index (χ4v) is 3.11. The third-order valence-corrected chi connectivity index (χ3v) is 4.31. The minimum Gasteiger partial charge on any atom is -0.346 e. The van der Waals surface area contributed by atoms with E-state index < -0.39 is 5.54 Å². The van der Waals surface area contributed by atoms with Gasteiger partial charge < -0.3 is 5.32 Å². The van der Waals surface area contributed by atoms with Gasteiger partial charge in [0.25, 0.3) is 0 Å². The lowest BCUT2D eigenvalue weighted by Gasteiger charge is -2.31. The molecule has 0 saturated heterocycles. The van der Waals surface area contributed by atoms with E-state index in [0.717, 1.165) is 31.2 Å². The smallest absolute Gasteiger partial charge is 0.226 e. The number of hydrogen-bond donors (Lipinski definition) is 1. The van der Waals surface area contributed by atoms with Crippen LogP contribution in [0.2, 0.25) is 0 Å². The van der Waals surface area contributed by atoms with Crippen molar-refractivity contribution in [2.24, 2.45) is 0 Å². The second kappa shape index (κ2) is 5.87. The fraction of sp³-hybridized carbons (Fsp3) is 0.438. The molecule has 1 aliphatic rings. The van der Waals surface area contributed by atoms with E-state index in [1.807, 2.05) is 0 Å². The van der Waals surface area contributed by atoms with Crippen molar-refractivity contribution in [3.8, 4) is 0 Å². The first-order valence-electron chi connectivity index (χ1n) is 7.44. The van der Waals surface area contributed by atoms with Gasteiger partial charge in [-0.2, -0.15) is 0 Å². The molecule has 5 nitrogen and oxygen atoms in total. The number of carbonyl (C=O) groups excluding carboxylic acids is 1. The van der Waals surface area contributed by atoms with Crippen molar-refractivity contribution in [2.45, 2.75) is 44.6 Å². The van der Waals surface area contributed by atoms with Crippen LogP contribution in [0.3, 0.4) is 0 Å². The molecule has 1 aromatic heterocycles. The Kier molecular flexibility index (Phi) is 3.92. The average Bonchev–Trinajstić information content (AvgIpc) is 3.11. The van der Waals surface area contributed by atoms with Gasteiger partial charge in [0.15, 0.2) is 0 Å². The Morgan fingerprint density at radius 3 is 2.55 bits per heavy atom. The number of nitrogens with zero attached hydrogens (tertiary/aromatic N) is 2. The van der Waals surface area contributed by atoms with Gasteiger partial charge in [-0.1, -0.05) is 35.3 Å². The van der Waals surface area contributed by atoms with Crippen molar-refractivity contribution in [3.63, 3.8) is 0 Å². The maximum absolute atomic E-state index is 13.1. The summed E-state index contributed by atoms with van der Waals surface area (Å²) in [6, 6.07) is 6.38. The van der Waals surface area contributed by atoms with E-state index in [1.165, 1.54) is 12.1 Å². The average molecular weight is 303 g/mol. The predicted molar refractivity (Wildman–Crippen MR) is 77.4 cm³/mol. The molecule has 1 aliphatic carbocycles. The summed E-state index contributed by atoms with van der Waals surface area (Å²) in [5.74, 6) is -0.391. The van der Waals surface area contributed by atoms with Crippen molar-refractivity contribution in [3.05, 3.63) is 47.0 Å². The molecule has 0 radical (unpaired) electrons. The van der Waals surface area contributed by atoms with E-state index in [0.29, 0.717) is 11.4 Å². The van der Waals surface area contributed by atoms with Gasteiger partial charge in [0.1, 0.15) is 17.2 Å². The van der Waals surface area contributed by atoms with E-state index in [-0.39, 0.29) is 18.1 Å². The lowest BCUT2D eigenvalue weighted by atomic mass is 9.88. The van der Waals surface area contributed by atoms with Crippen LogP contribution in [0.15, 0.2) is 28.9 Å². The summed E-state index contributed by atoms with van der Waals surface area (Å²) < 4.78 is 17.8. The first-order chi connectivity index (χ1) is 10.6. The highest BCUT2D eigenvalue weighted by atomic mass is 19.1. The molecule has 2 aromatic rings. The van der Waals surface area contributed by atoms with Crippen LogP contribution in [0.5, 0.6) is 0 Å². The van der Waals surface area contributed by atoms with E-state index in [4.69, 9.17) is 0 Å². The Morgan fingerprint density at radius 1 is 1.27 bits per heavy atom. The van der Waals surface area contributed by atoms with E-state index in [9.17, 15) is 9.18 Å². The topological polar surface area (TPSA) is 68.0 Å². The third kappa shape index (κ3) is 2.86. The zero-order valence-corrected chi connectivity index (χ0v) is 12.4. The molecule has 0 aliphatic heterocycles. The van der Waals surface area contributed by atoms with Gasteiger partial charge in [-0.05, 0) is 37.5 Å². The number of carbonyl (C=O) groups is 1. The fourth-order valence-electron chi connectivity index (χ4n) is 3.11. The minimum absolute atomic E-state index is 0.120. The molecule has 1 fully saturated rings. The van der Waals surface area contributed by atoms with E-state index in [2.05, 4.69) is 20.3 Å². The third-order valence-electron chi connectivity index (χ3n) is 4.31. The lowest BCUT2D eigenvalue weighted by molar-refractivity contribution is -0.122. The second-order valence-electron chi connectivity index (χ2n) is 5.82. The van der Waals surface area contributed by atoms with Crippen LogP contribution >= 0.6 is 0 Å². The summed E-state index contributed by atoms with van der Waals surface area (Å²) in [5.41, 5.74) is 1.72. The van der Waals surface area contributed by atoms with E-state index in [1.54, 1.807) is 19.1 Å². The maximum atomic E-state index is 13.1. The first kappa shape index (κ1) is 14.7. The Balaban J connectivity index is 1.78. The molecule has 1 heterocycles. The highest BCUT2D eigenvalue weighted by molar-refractivity contribution is 5.79. The summed E-state index contributed by atoms with van der Waals surface area (Å²) in [4.78, 5) is 12.4. The van der Waals surface area contributed by atoms with Gasteiger partial charge in [0, 0.05) is 0 Å². The Hall–Kier alpha value is -2.24. The van der Waals surface area contributed by atoms with Crippen molar-refractivity contribution in [2.75, 3.05) is 0 Å². The number of nitrogens with one attached hydrogen (secondary N) is 1. The molecule has 22 heavy (non-hydrogen) atoms. The van der Waals surface area contributed by atoms with Crippen LogP contribution in [0.1, 0.15) is 42.6 Å². The van der Waals surface area contributed by atoms with Gasteiger partial charge in [-0.25, -0.2) is 9.02 Å². The van der Waals surface area contributed by atoms with Crippen molar-refractivity contribution < 1.29 is 13.8 Å². The van der Waals surface area contributed by atoms with Crippen LogP contribution in [0.25, 0.3) is 0 Å². The number of benzene rings is 1. The maximum Gasteiger partial charge on any atom is 0.226 e. The standard InChI is InChI=1S/C16H18FN3O2/c1-11-14(20-22-19-11)10-15(21)18-16(8-2-3-9-16)12-4-6-13(17)7-5-12/h4-7H,2-3,8-10H2,1H3,(H,18,21). The molecular weight excluding hydrogens is 285 g/mol. The molecule has 116 valence electrons. The second-order valence-corrected chi connectivity index (χ2v) is 5.82. The first-order valence-corrected chi connectivity index (χ1v) is 7.44. The van der Waals surface area contributed by atoms with E-state index >= 15 is 0 Å². The molecule has 1 N–H and O–H groups in total. The van der Waals surface area contributed by atoms with Gasteiger partial charge in [-0.15, -0.1) is 0 Å². The predicted octanol–water partition coefficient (Wildman–Crippen LogP) is 2.65. The van der Waals surface area contributed by atoms with Crippen LogP contribution in [0, 0.1) is 12.7 Å². The Labute approximate surface area is 127 Å². The van der Waals surface area contributed by atoms with Gasteiger partial charge in [-0.3, -0.25) is 4.79 Å². The molecule has 0 unspecified atom stereocenters. The van der Waals surface area contributed by atoms with Crippen LogP contribution < -0.4 is 5.32 Å². The molecule has 1 aromatic carbocycles. The molecule has 3 rings (SSSR count). The molecule has 1 amide bonds. The largest absolute Gasteiger partial charge is 0.346 e. The van der Waals surface area contributed by atoms with Crippen molar-refractivity contribution >= 4 is 5.91 Å². The Morgan fingerprint density at radius 2 is 1.95 bits per heavy atom. The number of hydrogen-bond acceptors (Lipinski definition) is 4. The van der Waals surface area contributed by atoms with Gasteiger partial charge in [0.05, 0.1) is 12.0 Å². The number of aromatic nitrogens is 2. The molecule has 0 spiro atoms. The molecule has 6 heteroatoms. The monoisotopic (exact) mass is 303 g/mol. The molecule has 1 saturated carbocycles. The number of rotatable bonds is 4.